The molecule has 0 aliphatic rings. The first-order valence-corrected chi connectivity index (χ1v) is 7.60. The molecule has 0 fully saturated rings. The van der Waals surface area contributed by atoms with Crippen LogP contribution in [0.5, 0.6) is 0 Å². The highest BCUT2D eigenvalue weighted by Gasteiger charge is 2.02. The monoisotopic (exact) mass is 318 g/mol. The van der Waals surface area contributed by atoms with E-state index >= 15 is 0 Å². The number of hydrogen-bond acceptors (Lipinski definition) is 4. The van der Waals surface area contributed by atoms with Crippen LogP contribution in [0.25, 0.3) is 22.5 Å². The van der Waals surface area contributed by atoms with Crippen molar-refractivity contribution in [2.45, 2.75) is 13.8 Å². The van der Waals surface area contributed by atoms with Gasteiger partial charge >= 0.3 is 0 Å². The largest absolute Gasteiger partial charge is 0.265 e. The first-order chi connectivity index (χ1) is 11.8. The highest BCUT2D eigenvalue weighted by molar-refractivity contribution is 5.62. The standard InChI is InChI=1S/2C9H9N3/c2*1-7-4-2-3-5-8(7)9-6-10-12-11-9/h2*2-6H,1H3,(H,10,11,12). The Morgan fingerprint density at radius 3 is 1.38 bits per heavy atom. The summed E-state index contributed by atoms with van der Waals surface area (Å²) in [5.41, 5.74) is 6.48. The molecule has 120 valence electrons. The minimum absolute atomic E-state index is 0.896. The van der Waals surface area contributed by atoms with Crippen molar-refractivity contribution in [3.05, 3.63) is 72.1 Å². The molecule has 0 radical (unpaired) electrons. The number of aromatic nitrogens is 6. The highest BCUT2D eigenvalue weighted by Crippen LogP contribution is 2.19. The van der Waals surface area contributed by atoms with Crippen molar-refractivity contribution in [3.63, 3.8) is 0 Å². The molecule has 2 N–H and O–H groups in total. The third-order valence-corrected chi connectivity index (χ3v) is 3.68. The third kappa shape index (κ3) is 3.55. The first-order valence-electron chi connectivity index (χ1n) is 7.60. The van der Waals surface area contributed by atoms with E-state index in [-0.39, 0.29) is 0 Å². The maximum atomic E-state index is 3.94. The van der Waals surface area contributed by atoms with Crippen molar-refractivity contribution in [2.75, 3.05) is 0 Å². The van der Waals surface area contributed by atoms with Crippen LogP contribution >= 0.6 is 0 Å². The van der Waals surface area contributed by atoms with Gasteiger partial charge in [-0.25, -0.2) is 0 Å². The predicted octanol–water partition coefficient (Wildman–Crippen LogP) is 3.56. The number of H-pyrrole nitrogens is 2. The van der Waals surface area contributed by atoms with Crippen LogP contribution in [0, 0.1) is 13.8 Å². The van der Waals surface area contributed by atoms with E-state index in [2.05, 4.69) is 56.8 Å². The summed E-state index contributed by atoms with van der Waals surface area (Å²) >= 11 is 0. The zero-order valence-electron chi connectivity index (χ0n) is 13.6. The minimum Gasteiger partial charge on any atom is -0.265 e. The van der Waals surface area contributed by atoms with Crippen LogP contribution in [0.2, 0.25) is 0 Å². The van der Waals surface area contributed by atoms with Crippen molar-refractivity contribution < 1.29 is 0 Å². The van der Waals surface area contributed by atoms with Crippen molar-refractivity contribution in [1.29, 1.82) is 0 Å². The van der Waals surface area contributed by atoms with Crippen molar-refractivity contribution >= 4 is 0 Å². The average molecular weight is 318 g/mol. The van der Waals surface area contributed by atoms with E-state index in [1.807, 2.05) is 36.4 Å². The number of nitrogens with zero attached hydrogens (tertiary/aromatic N) is 4. The topological polar surface area (TPSA) is 83.1 Å². The second-order valence-corrected chi connectivity index (χ2v) is 5.35. The maximum Gasteiger partial charge on any atom is 0.113 e. The second kappa shape index (κ2) is 7.32. The Kier molecular flexibility index (Phi) is 4.76. The van der Waals surface area contributed by atoms with Gasteiger partial charge in [0.05, 0.1) is 0 Å². The Labute approximate surface area is 140 Å². The fraction of sp³-hybridized carbons (Fsp3) is 0.111. The fourth-order valence-corrected chi connectivity index (χ4v) is 2.39. The first kappa shape index (κ1) is 15.6. The van der Waals surface area contributed by atoms with E-state index in [4.69, 9.17) is 0 Å². The van der Waals surface area contributed by atoms with Crippen LogP contribution in [0.3, 0.4) is 0 Å². The Morgan fingerprint density at radius 1 is 0.625 bits per heavy atom. The summed E-state index contributed by atoms with van der Waals surface area (Å²) in [6.45, 7) is 4.12. The lowest BCUT2D eigenvalue weighted by Gasteiger charge is -1.98. The lowest BCUT2D eigenvalue weighted by atomic mass is 10.1. The molecule has 0 aliphatic heterocycles. The van der Waals surface area contributed by atoms with Crippen LogP contribution in [-0.4, -0.2) is 30.8 Å². The van der Waals surface area contributed by atoms with Gasteiger partial charge in [-0.1, -0.05) is 59.0 Å². The number of aryl methyl sites for hydroxylation is 2. The molecule has 4 rings (SSSR count). The van der Waals surface area contributed by atoms with Gasteiger partial charge in [0.25, 0.3) is 0 Å². The Bertz CT molecular complexity index is 806. The lowest BCUT2D eigenvalue weighted by Crippen LogP contribution is -1.81. The van der Waals surface area contributed by atoms with Gasteiger partial charge in [0.15, 0.2) is 0 Å². The summed E-state index contributed by atoms with van der Waals surface area (Å²) in [7, 11) is 0. The molecule has 0 saturated heterocycles. The molecule has 0 amide bonds. The SMILES string of the molecule is Cc1ccccc1-c1c[nH]nn1.Cc1ccccc1-c1c[nH]nn1. The van der Waals surface area contributed by atoms with E-state index in [1.165, 1.54) is 11.1 Å². The summed E-state index contributed by atoms with van der Waals surface area (Å²) in [6, 6.07) is 16.2. The smallest absolute Gasteiger partial charge is 0.113 e. The van der Waals surface area contributed by atoms with Crippen LogP contribution in [-0.2, 0) is 0 Å². The van der Waals surface area contributed by atoms with Crippen molar-refractivity contribution in [2.24, 2.45) is 0 Å². The fourth-order valence-electron chi connectivity index (χ4n) is 2.39. The quantitative estimate of drug-likeness (QED) is 0.592. The molecule has 0 bridgehead atoms. The Balaban J connectivity index is 0.000000141. The molecule has 6 heteroatoms. The van der Waals surface area contributed by atoms with Crippen molar-refractivity contribution in [1.82, 2.24) is 30.8 Å². The molecule has 2 heterocycles. The van der Waals surface area contributed by atoms with Crippen LogP contribution in [0.15, 0.2) is 60.9 Å². The number of rotatable bonds is 2. The third-order valence-electron chi connectivity index (χ3n) is 3.68. The van der Waals surface area contributed by atoms with E-state index < -0.39 is 0 Å². The summed E-state index contributed by atoms with van der Waals surface area (Å²) in [6.07, 6.45) is 3.59. The lowest BCUT2D eigenvalue weighted by molar-refractivity contribution is 0.942. The van der Waals surface area contributed by atoms with E-state index in [0.29, 0.717) is 0 Å². The van der Waals surface area contributed by atoms with Gasteiger partial charge in [-0.3, -0.25) is 10.2 Å². The molecule has 2 aromatic carbocycles. The molecule has 0 unspecified atom stereocenters. The molecular weight excluding hydrogens is 300 g/mol. The average Bonchev–Trinajstić information content (AvgIpc) is 3.30. The molecule has 0 saturated carbocycles. The number of benzene rings is 2. The summed E-state index contributed by atoms with van der Waals surface area (Å²) in [4.78, 5) is 0. The summed E-state index contributed by atoms with van der Waals surface area (Å²) in [5.74, 6) is 0. The molecular formula is C18H18N6. The molecule has 0 atom stereocenters. The van der Waals surface area contributed by atoms with Gasteiger partial charge in [0, 0.05) is 23.5 Å². The maximum absolute atomic E-state index is 3.94. The molecule has 0 aliphatic carbocycles. The van der Waals surface area contributed by atoms with Crippen LogP contribution < -0.4 is 0 Å². The molecule has 4 aromatic rings. The van der Waals surface area contributed by atoms with Gasteiger partial charge in [0.1, 0.15) is 11.4 Å². The zero-order chi connectivity index (χ0) is 16.8. The molecule has 0 spiro atoms. The van der Waals surface area contributed by atoms with Gasteiger partial charge in [-0.15, -0.1) is 10.2 Å². The second-order valence-electron chi connectivity index (χ2n) is 5.35. The number of hydrogen-bond donors (Lipinski definition) is 2. The molecule has 6 nitrogen and oxygen atoms in total. The van der Waals surface area contributed by atoms with E-state index in [9.17, 15) is 0 Å². The predicted molar refractivity (Wildman–Crippen MR) is 93.1 cm³/mol. The van der Waals surface area contributed by atoms with Crippen LogP contribution in [0.4, 0.5) is 0 Å². The minimum atomic E-state index is 0.896. The highest BCUT2D eigenvalue weighted by atomic mass is 15.3. The Hall–Kier alpha value is -3.28. The van der Waals surface area contributed by atoms with Gasteiger partial charge in [-0.2, -0.15) is 0 Å². The molecule has 2 aromatic heterocycles. The van der Waals surface area contributed by atoms with Gasteiger partial charge in [0.2, 0.25) is 0 Å². The number of nitrogens with one attached hydrogen (secondary N) is 2. The van der Waals surface area contributed by atoms with Crippen molar-refractivity contribution in [3.8, 4) is 22.5 Å². The Morgan fingerprint density at radius 2 is 1.04 bits per heavy atom. The molecule has 24 heavy (non-hydrogen) atoms. The van der Waals surface area contributed by atoms with E-state index in [1.54, 1.807) is 12.4 Å². The van der Waals surface area contributed by atoms with Crippen LogP contribution in [0.1, 0.15) is 11.1 Å². The van der Waals surface area contributed by atoms with Gasteiger partial charge in [-0.05, 0) is 25.0 Å². The van der Waals surface area contributed by atoms with E-state index in [0.717, 1.165) is 22.5 Å². The normalized spacial score (nSPS) is 10.1. The number of aromatic amines is 2. The van der Waals surface area contributed by atoms with Gasteiger partial charge < -0.3 is 0 Å². The zero-order valence-corrected chi connectivity index (χ0v) is 13.6. The summed E-state index contributed by atoms with van der Waals surface area (Å²) < 4.78 is 0. The summed E-state index contributed by atoms with van der Waals surface area (Å²) in [5, 5.41) is 20.6.